The predicted molar refractivity (Wildman–Crippen MR) is 120 cm³/mol. The van der Waals surface area contributed by atoms with Crippen molar-refractivity contribution in [2.45, 2.75) is 18.8 Å². The Balaban J connectivity index is 1.33. The average Bonchev–Trinajstić information content (AvgIpc) is 3.38. The summed E-state index contributed by atoms with van der Waals surface area (Å²) in [7, 11) is 1.64. The number of methoxy groups -OCH3 is 1. The van der Waals surface area contributed by atoms with Crippen LogP contribution < -0.4 is 4.74 Å². The van der Waals surface area contributed by atoms with E-state index < -0.39 is 0 Å². The molecule has 3 heterocycles. The molecule has 0 radical (unpaired) electrons. The summed E-state index contributed by atoms with van der Waals surface area (Å²) < 4.78 is 5.28. The van der Waals surface area contributed by atoms with Gasteiger partial charge in [-0.15, -0.1) is 0 Å². The molecular weight excluding hydrogens is 388 g/mol. The number of nitrogens with one attached hydrogen (secondary N) is 1. The summed E-state index contributed by atoms with van der Waals surface area (Å²) in [4.78, 5) is 19.3. The molecule has 156 valence electrons. The average molecular weight is 412 g/mol. The minimum absolute atomic E-state index is 0.103. The highest BCUT2D eigenvalue weighted by Gasteiger charge is 2.25. The third kappa shape index (κ3) is 3.89. The third-order valence-electron chi connectivity index (χ3n) is 6.11. The van der Waals surface area contributed by atoms with Gasteiger partial charge in [0, 0.05) is 48.2 Å². The van der Waals surface area contributed by atoms with E-state index in [1.807, 2.05) is 41.4 Å². The molecule has 2 aromatic heterocycles. The molecule has 6 heteroatoms. The maximum atomic E-state index is 13.1. The predicted octanol–water partition coefficient (Wildman–Crippen LogP) is 4.65. The van der Waals surface area contributed by atoms with E-state index in [4.69, 9.17) is 4.74 Å². The van der Waals surface area contributed by atoms with Crippen LogP contribution in [-0.2, 0) is 0 Å². The molecule has 1 N–H and O–H groups in total. The van der Waals surface area contributed by atoms with Crippen LogP contribution >= 0.6 is 0 Å². The second-order valence-electron chi connectivity index (χ2n) is 7.97. The van der Waals surface area contributed by atoms with Crippen molar-refractivity contribution < 1.29 is 9.53 Å². The molecule has 1 saturated heterocycles. The lowest BCUT2D eigenvalue weighted by molar-refractivity contribution is 0.0712. The van der Waals surface area contributed by atoms with Gasteiger partial charge in [-0.1, -0.05) is 18.2 Å². The summed E-state index contributed by atoms with van der Waals surface area (Å²) >= 11 is 0. The van der Waals surface area contributed by atoms with Crippen LogP contribution in [0.1, 0.15) is 34.8 Å². The zero-order valence-corrected chi connectivity index (χ0v) is 17.4. The lowest BCUT2D eigenvalue weighted by Gasteiger charge is -2.31. The number of benzene rings is 2. The van der Waals surface area contributed by atoms with Gasteiger partial charge in [-0.3, -0.25) is 14.9 Å². The Hall–Kier alpha value is -3.67. The summed E-state index contributed by atoms with van der Waals surface area (Å²) in [6, 6.07) is 16.2. The van der Waals surface area contributed by atoms with Gasteiger partial charge < -0.3 is 9.64 Å². The first-order chi connectivity index (χ1) is 15.2. The standard InChI is InChI=1S/C25H24N4O2/c1-31-23-14-22(15-26-16-23)20-3-2-19-13-21(5-4-18(19)12-20)25(30)29-10-7-17(8-11-29)24-6-9-27-28-24/h2-6,9,12-17H,7-8,10-11H2,1H3,(H,27,28). The van der Waals surface area contributed by atoms with Gasteiger partial charge in [0.25, 0.3) is 5.91 Å². The lowest BCUT2D eigenvalue weighted by atomic mass is 9.93. The number of ether oxygens (including phenoxy) is 1. The molecule has 0 saturated carbocycles. The number of piperidine rings is 1. The molecule has 2 aromatic carbocycles. The second kappa shape index (κ2) is 8.22. The van der Waals surface area contributed by atoms with Crippen LogP contribution in [0.15, 0.2) is 67.1 Å². The summed E-state index contributed by atoms with van der Waals surface area (Å²) in [5, 5.41) is 9.25. The van der Waals surface area contributed by atoms with Gasteiger partial charge in [0.05, 0.1) is 13.3 Å². The topological polar surface area (TPSA) is 71.1 Å². The number of carbonyl (C=O) groups excluding carboxylic acids is 1. The Morgan fingerprint density at radius 2 is 1.81 bits per heavy atom. The van der Waals surface area contributed by atoms with E-state index in [0.29, 0.717) is 5.92 Å². The highest BCUT2D eigenvalue weighted by Crippen LogP contribution is 2.29. The molecule has 1 amide bonds. The molecule has 1 aliphatic heterocycles. The number of hydrogen-bond acceptors (Lipinski definition) is 4. The van der Waals surface area contributed by atoms with Crippen LogP contribution in [0.5, 0.6) is 5.75 Å². The Kier molecular flexibility index (Phi) is 5.12. The lowest BCUT2D eigenvalue weighted by Crippen LogP contribution is -2.38. The summed E-state index contributed by atoms with van der Waals surface area (Å²) in [6.07, 6.45) is 7.23. The van der Waals surface area contributed by atoms with Crippen molar-refractivity contribution in [1.29, 1.82) is 0 Å². The smallest absolute Gasteiger partial charge is 0.253 e. The third-order valence-corrected chi connectivity index (χ3v) is 6.11. The quantitative estimate of drug-likeness (QED) is 0.529. The van der Waals surface area contributed by atoms with E-state index in [9.17, 15) is 4.79 Å². The SMILES string of the molecule is COc1cncc(-c2ccc3cc(C(=O)N4CCC(c5ccn[nH]5)CC4)ccc3c2)c1. The summed E-state index contributed by atoms with van der Waals surface area (Å²) in [5.74, 6) is 1.29. The first kappa shape index (κ1) is 19.3. The molecule has 6 nitrogen and oxygen atoms in total. The highest BCUT2D eigenvalue weighted by atomic mass is 16.5. The van der Waals surface area contributed by atoms with Crippen molar-refractivity contribution >= 4 is 16.7 Å². The van der Waals surface area contributed by atoms with Gasteiger partial charge in [-0.2, -0.15) is 5.10 Å². The number of H-pyrrole nitrogens is 1. The van der Waals surface area contributed by atoms with Crippen LogP contribution in [0.25, 0.3) is 21.9 Å². The highest BCUT2D eigenvalue weighted by molar-refractivity contribution is 5.99. The largest absolute Gasteiger partial charge is 0.495 e. The maximum absolute atomic E-state index is 13.1. The van der Waals surface area contributed by atoms with E-state index in [1.54, 1.807) is 19.5 Å². The molecular formula is C25H24N4O2. The van der Waals surface area contributed by atoms with Crippen molar-refractivity contribution in [3.05, 3.63) is 78.4 Å². The number of rotatable bonds is 4. The fraction of sp³-hybridized carbons (Fsp3) is 0.240. The van der Waals surface area contributed by atoms with Crippen molar-refractivity contribution in [3.63, 3.8) is 0 Å². The van der Waals surface area contributed by atoms with Crippen LogP contribution in [0, 0.1) is 0 Å². The normalized spacial score (nSPS) is 14.7. The van der Waals surface area contributed by atoms with E-state index in [0.717, 1.165) is 59.1 Å². The van der Waals surface area contributed by atoms with Gasteiger partial charge >= 0.3 is 0 Å². The second-order valence-corrected chi connectivity index (χ2v) is 7.97. The number of carbonyl (C=O) groups is 1. The Bertz CT molecular complexity index is 1210. The minimum atomic E-state index is 0.103. The molecule has 0 spiro atoms. The number of hydrogen-bond donors (Lipinski definition) is 1. The van der Waals surface area contributed by atoms with Crippen LogP contribution in [0.4, 0.5) is 0 Å². The number of fused-ring (bicyclic) bond motifs is 1. The fourth-order valence-electron chi connectivity index (χ4n) is 4.32. The van der Waals surface area contributed by atoms with Crippen molar-refractivity contribution in [3.8, 4) is 16.9 Å². The summed E-state index contributed by atoms with van der Waals surface area (Å²) in [5.41, 5.74) is 3.98. The molecule has 0 aliphatic carbocycles. The Labute approximate surface area is 180 Å². The first-order valence-electron chi connectivity index (χ1n) is 10.5. The molecule has 31 heavy (non-hydrogen) atoms. The molecule has 1 fully saturated rings. The minimum Gasteiger partial charge on any atom is -0.495 e. The monoisotopic (exact) mass is 412 g/mol. The van der Waals surface area contributed by atoms with Gasteiger partial charge in [0.2, 0.25) is 0 Å². The van der Waals surface area contributed by atoms with Gasteiger partial charge in [0.15, 0.2) is 0 Å². The van der Waals surface area contributed by atoms with Crippen molar-refractivity contribution in [2.75, 3.05) is 20.2 Å². The molecule has 0 atom stereocenters. The molecule has 5 rings (SSSR count). The van der Waals surface area contributed by atoms with Crippen LogP contribution in [0.2, 0.25) is 0 Å². The van der Waals surface area contributed by atoms with E-state index >= 15 is 0 Å². The zero-order chi connectivity index (χ0) is 21.2. The number of aromatic amines is 1. The van der Waals surface area contributed by atoms with Crippen LogP contribution in [0.3, 0.4) is 0 Å². The van der Waals surface area contributed by atoms with Crippen molar-refractivity contribution in [2.24, 2.45) is 0 Å². The van der Waals surface area contributed by atoms with Crippen molar-refractivity contribution in [1.82, 2.24) is 20.1 Å². The molecule has 0 unspecified atom stereocenters. The van der Waals surface area contributed by atoms with E-state index in [2.05, 4.69) is 33.4 Å². The summed E-state index contributed by atoms with van der Waals surface area (Å²) in [6.45, 7) is 1.53. The van der Waals surface area contributed by atoms with Gasteiger partial charge in [-0.25, -0.2) is 0 Å². The number of amides is 1. The Morgan fingerprint density at radius 3 is 2.58 bits per heavy atom. The van der Waals surface area contributed by atoms with Crippen LogP contribution in [-0.4, -0.2) is 46.2 Å². The molecule has 4 aromatic rings. The number of aromatic nitrogens is 3. The first-order valence-corrected chi connectivity index (χ1v) is 10.5. The fourth-order valence-corrected chi connectivity index (χ4v) is 4.32. The van der Waals surface area contributed by atoms with E-state index in [1.165, 1.54) is 5.69 Å². The maximum Gasteiger partial charge on any atom is 0.253 e. The number of nitrogens with zero attached hydrogens (tertiary/aromatic N) is 3. The number of pyridine rings is 1. The molecule has 1 aliphatic rings. The van der Waals surface area contributed by atoms with Gasteiger partial charge in [-0.05, 0) is 59.5 Å². The molecule has 0 bridgehead atoms. The number of likely N-dealkylation sites (tertiary alicyclic amines) is 1. The van der Waals surface area contributed by atoms with E-state index in [-0.39, 0.29) is 5.91 Å². The zero-order valence-electron chi connectivity index (χ0n) is 17.4. The Morgan fingerprint density at radius 1 is 1.00 bits per heavy atom. The van der Waals surface area contributed by atoms with Gasteiger partial charge in [0.1, 0.15) is 5.75 Å².